The molecular formula is C16H12O5. The maximum Gasteiger partial charge on any atom is 0.200 e. The minimum atomic E-state index is -0.281. The predicted octanol–water partition coefficient (Wildman–Crippen LogP) is 2.88. The Balaban J connectivity index is 2.24. The number of ether oxygens (including phenoxy) is 1. The summed E-state index contributed by atoms with van der Waals surface area (Å²) in [7, 11) is 1.49. The average Bonchev–Trinajstić information content (AvgIpc) is 2.48. The summed E-state index contributed by atoms with van der Waals surface area (Å²) in [5.74, 6) is 0.442. The molecule has 1 heterocycles. The molecule has 0 unspecified atom stereocenters. The summed E-state index contributed by atoms with van der Waals surface area (Å²) in [6.07, 6.45) is 1.27. The SMILES string of the molecule is COc1ccc(-c2coc3cc(O)ccc3c2=O)c(O)c1. The number of hydrogen-bond acceptors (Lipinski definition) is 5. The summed E-state index contributed by atoms with van der Waals surface area (Å²) in [5.41, 5.74) is 0.612. The third-order valence-corrected chi connectivity index (χ3v) is 3.25. The molecule has 3 aromatic rings. The van der Waals surface area contributed by atoms with Crippen LogP contribution in [0.15, 0.2) is 51.9 Å². The van der Waals surface area contributed by atoms with Crippen LogP contribution in [0.1, 0.15) is 0 Å². The van der Waals surface area contributed by atoms with Gasteiger partial charge in [0.25, 0.3) is 0 Å². The van der Waals surface area contributed by atoms with Crippen LogP contribution in [0.2, 0.25) is 0 Å². The highest BCUT2D eigenvalue weighted by molar-refractivity contribution is 5.83. The molecule has 0 saturated carbocycles. The van der Waals surface area contributed by atoms with Crippen molar-refractivity contribution >= 4 is 11.0 Å². The van der Waals surface area contributed by atoms with Crippen molar-refractivity contribution in [2.45, 2.75) is 0 Å². The normalized spacial score (nSPS) is 10.7. The fraction of sp³-hybridized carbons (Fsp3) is 0.0625. The number of methoxy groups -OCH3 is 1. The molecule has 21 heavy (non-hydrogen) atoms. The van der Waals surface area contributed by atoms with Crippen molar-refractivity contribution in [3.8, 4) is 28.4 Å². The van der Waals surface area contributed by atoms with Crippen LogP contribution in [-0.2, 0) is 0 Å². The summed E-state index contributed by atoms with van der Waals surface area (Å²) in [6, 6.07) is 8.93. The fourth-order valence-corrected chi connectivity index (χ4v) is 2.17. The number of phenols is 2. The Labute approximate surface area is 119 Å². The zero-order valence-electron chi connectivity index (χ0n) is 11.2. The molecule has 0 radical (unpaired) electrons. The lowest BCUT2D eigenvalue weighted by Crippen LogP contribution is -2.04. The summed E-state index contributed by atoms with van der Waals surface area (Å²) in [6.45, 7) is 0. The molecule has 2 aromatic carbocycles. The van der Waals surface area contributed by atoms with Crippen molar-refractivity contribution in [3.05, 3.63) is 52.9 Å². The van der Waals surface area contributed by atoms with Crippen molar-refractivity contribution in [3.63, 3.8) is 0 Å². The van der Waals surface area contributed by atoms with E-state index in [2.05, 4.69) is 0 Å². The molecule has 0 fully saturated rings. The monoisotopic (exact) mass is 284 g/mol. The minimum Gasteiger partial charge on any atom is -0.508 e. The van der Waals surface area contributed by atoms with Crippen molar-refractivity contribution in [1.29, 1.82) is 0 Å². The quantitative estimate of drug-likeness (QED) is 0.756. The first kappa shape index (κ1) is 13.1. The van der Waals surface area contributed by atoms with E-state index in [0.717, 1.165) is 0 Å². The molecule has 0 aliphatic carbocycles. The first-order chi connectivity index (χ1) is 10.1. The molecule has 2 N–H and O–H groups in total. The molecule has 5 heteroatoms. The minimum absolute atomic E-state index is 0.0192. The molecule has 0 aliphatic rings. The van der Waals surface area contributed by atoms with Gasteiger partial charge >= 0.3 is 0 Å². The van der Waals surface area contributed by atoms with E-state index >= 15 is 0 Å². The Hall–Kier alpha value is -2.95. The topological polar surface area (TPSA) is 79.9 Å². The number of rotatable bonds is 2. The Morgan fingerprint density at radius 2 is 1.86 bits per heavy atom. The van der Waals surface area contributed by atoms with E-state index in [-0.39, 0.29) is 28.1 Å². The molecule has 3 rings (SSSR count). The lowest BCUT2D eigenvalue weighted by atomic mass is 10.0. The highest BCUT2D eigenvalue weighted by Gasteiger charge is 2.13. The van der Waals surface area contributed by atoms with Crippen LogP contribution in [0.4, 0.5) is 0 Å². The number of hydrogen-bond donors (Lipinski definition) is 2. The Morgan fingerprint density at radius 1 is 1.05 bits per heavy atom. The second kappa shape index (κ2) is 4.86. The van der Waals surface area contributed by atoms with Gasteiger partial charge in [-0.2, -0.15) is 0 Å². The summed E-state index contributed by atoms with van der Waals surface area (Å²) < 4.78 is 10.4. The van der Waals surface area contributed by atoms with Crippen LogP contribution in [0.5, 0.6) is 17.2 Å². The second-order valence-electron chi connectivity index (χ2n) is 4.54. The molecule has 1 aromatic heterocycles. The van der Waals surface area contributed by atoms with E-state index in [4.69, 9.17) is 9.15 Å². The van der Waals surface area contributed by atoms with Gasteiger partial charge in [-0.1, -0.05) is 0 Å². The second-order valence-corrected chi connectivity index (χ2v) is 4.54. The first-order valence-corrected chi connectivity index (χ1v) is 6.22. The highest BCUT2D eigenvalue weighted by Crippen LogP contribution is 2.31. The van der Waals surface area contributed by atoms with Gasteiger partial charge in [0.1, 0.15) is 29.1 Å². The summed E-state index contributed by atoms with van der Waals surface area (Å²) >= 11 is 0. The number of aromatic hydroxyl groups is 2. The van der Waals surface area contributed by atoms with Gasteiger partial charge in [-0.05, 0) is 24.3 Å². The average molecular weight is 284 g/mol. The van der Waals surface area contributed by atoms with Crippen LogP contribution in [-0.4, -0.2) is 17.3 Å². The van der Waals surface area contributed by atoms with Gasteiger partial charge in [0.05, 0.1) is 18.1 Å². The zero-order valence-corrected chi connectivity index (χ0v) is 11.2. The maximum absolute atomic E-state index is 12.5. The summed E-state index contributed by atoms with van der Waals surface area (Å²) in [4.78, 5) is 12.5. The molecule has 106 valence electrons. The van der Waals surface area contributed by atoms with Gasteiger partial charge in [0, 0.05) is 17.7 Å². The Bertz CT molecular complexity index is 879. The van der Waals surface area contributed by atoms with Crippen molar-refractivity contribution in [1.82, 2.24) is 0 Å². The predicted molar refractivity (Wildman–Crippen MR) is 77.8 cm³/mol. The fourth-order valence-electron chi connectivity index (χ4n) is 2.17. The zero-order chi connectivity index (χ0) is 15.0. The van der Waals surface area contributed by atoms with Gasteiger partial charge in [0.15, 0.2) is 0 Å². The van der Waals surface area contributed by atoms with Crippen LogP contribution in [0.3, 0.4) is 0 Å². The number of phenolic OH excluding ortho intramolecular Hbond substituents is 2. The molecule has 0 spiro atoms. The van der Waals surface area contributed by atoms with E-state index in [1.807, 2.05) is 0 Å². The van der Waals surface area contributed by atoms with Gasteiger partial charge < -0.3 is 19.4 Å². The van der Waals surface area contributed by atoms with E-state index in [9.17, 15) is 15.0 Å². The van der Waals surface area contributed by atoms with E-state index in [1.54, 1.807) is 12.1 Å². The van der Waals surface area contributed by atoms with Crippen LogP contribution < -0.4 is 10.2 Å². The number of fused-ring (bicyclic) bond motifs is 1. The van der Waals surface area contributed by atoms with E-state index < -0.39 is 0 Å². The molecule has 5 nitrogen and oxygen atoms in total. The van der Waals surface area contributed by atoms with Crippen molar-refractivity contribution in [2.24, 2.45) is 0 Å². The van der Waals surface area contributed by atoms with Gasteiger partial charge in [0.2, 0.25) is 5.43 Å². The van der Waals surface area contributed by atoms with Crippen LogP contribution in [0.25, 0.3) is 22.1 Å². The van der Waals surface area contributed by atoms with E-state index in [0.29, 0.717) is 16.7 Å². The molecule has 0 aliphatic heterocycles. The van der Waals surface area contributed by atoms with E-state index in [1.165, 1.54) is 37.6 Å². The lowest BCUT2D eigenvalue weighted by Gasteiger charge is -2.07. The van der Waals surface area contributed by atoms with Gasteiger partial charge in [-0.25, -0.2) is 0 Å². The van der Waals surface area contributed by atoms with Crippen molar-refractivity contribution < 1.29 is 19.4 Å². The molecule has 0 saturated heterocycles. The maximum atomic E-state index is 12.5. The molecule has 0 atom stereocenters. The molecule has 0 bridgehead atoms. The Morgan fingerprint density at radius 3 is 2.57 bits per heavy atom. The van der Waals surface area contributed by atoms with Crippen LogP contribution >= 0.6 is 0 Å². The van der Waals surface area contributed by atoms with Gasteiger partial charge in [-0.15, -0.1) is 0 Å². The number of benzene rings is 2. The lowest BCUT2D eigenvalue weighted by molar-refractivity contribution is 0.408. The Kier molecular flexibility index (Phi) is 3.02. The molecular weight excluding hydrogens is 272 g/mol. The van der Waals surface area contributed by atoms with Crippen LogP contribution in [0, 0.1) is 0 Å². The molecule has 0 amide bonds. The van der Waals surface area contributed by atoms with Gasteiger partial charge in [-0.3, -0.25) is 4.79 Å². The highest BCUT2D eigenvalue weighted by atomic mass is 16.5. The standard InChI is InChI=1S/C16H12O5/c1-20-10-3-5-11(14(18)7-10)13-8-21-15-6-9(17)2-4-12(15)16(13)19/h2-8,17-18H,1H3. The third-order valence-electron chi connectivity index (χ3n) is 3.25. The largest absolute Gasteiger partial charge is 0.508 e. The van der Waals surface area contributed by atoms with Crippen molar-refractivity contribution in [2.75, 3.05) is 7.11 Å². The first-order valence-electron chi connectivity index (χ1n) is 6.22. The smallest absolute Gasteiger partial charge is 0.200 e. The summed E-state index contributed by atoms with van der Waals surface area (Å²) in [5, 5.41) is 19.7. The third kappa shape index (κ3) is 2.18.